The van der Waals surface area contributed by atoms with Gasteiger partial charge in [0.05, 0.1) is 6.42 Å². The molecule has 1 rings (SSSR count). The molecule has 7 heteroatoms. The molecule has 0 spiro atoms. The van der Waals surface area contributed by atoms with Gasteiger partial charge in [-0.2, -0.15) is 0 Å². The molecule has 7 nitrogen and oxygen atoms in total. The molecule has 1 saturated heterocycles. The number of carboxylic acid groups (broad SMARTS) is 2. The minimum atomic E-state index is -1.40. The molecule has 0 unspecified atom stereocenters. The van der Waals surface area contributed by atoms with Gasteiger partial charge in [-0.15, -0.1) is 0 Å². The van der Waals surface area contributed by atoms with Gasteiger partial charge < -0.3 is 20.4 Å². The van der Waals surface area contributed by atoms with E-state index in [4.69, 9.17) is 10.2 Å². The van der Waals surface area contributed by atoms with Crippen LogP contribution in [0.3, 0.4) is 0 Å². The quantitative estimate of drug-likeness (QED) is 0.680. The molecule has 1 atom stereocenters. The summed E-state index contributed by atoms with van der Waals surface area (Å²) in [5.41, 5.74) is -0.323. The van der Waals surface area contributed by atoms with E-state index in [9.17, 15) is 14.4 Å². The zero-order valence-corrected chi connectivity index (χ0v) is 10.5. The molecule has 1 aliphatic rings. The number of carboxylic acids is 2. The smallest absolute Gasteiger partial charge is 0.326 e. The SMILES string of the molecule is CC1(C)CCCN1C(=O)N[C@@H](CC(=O)O)C(=O)O. The number of hydrogen-bond donors (Lipinski definition) is 3. The van der Waals surface area contributed by atoms with Gasteiger partial charge >= 0.3 is 18.0 Å². The minimum absolute atomic E-state index is 0.323. The van der Waals surface area contributed by atoms with E-state index in [-0.39, 0.29) is 5.54 Å². The highest BCUT2D eigenvalue weighted by atomic mass is 16.4. The van der Waals surface area contributed by atoms with E-state index in [1.807, 2.05) is 13.8 Å². The Labute approximate surface area is 105 Å². The first-order valence-corrected chi connectivity index (χ1v) is 5.77. The third-order valence-electron chi connectivity index (χ3n) is 3.12. The number of carbonyl (C=O) groups is 3. The van der Waals surface area contributed by atoms with Crippen LogP contribution in [0.15, 0.2) is 0 Å². The Morgan fingerprint density at radius 2 is 1.94 bits per heavy atom. The van der Waals surface area contributed by atoms with E-state index in [1.54, 1.807) is 4.90 Å². The van der Waals surface area contributed by atoms with Gasteiger partial charge in [0.25, 0.3) is 0 Å². The highest BCUT2D eigenvalue weighted by Gasteiger charge is 2.37. The second-order valence-corrected chi connectivity index (χ2v) is 5.01. The van der Waals surface area contributed by atoms with Crippen LogP contribution >= 0.6 is 0 Å². The summed E-state index contributed by atoms with van der Waals surface area (Å²) >= 11 is 0. The van der Waals surface area contributed by atoms with Gasteiger partial charge in [-0.05, 0) is 26.7 Å². The number of carbonyl (C=O) groups excluding carboxylic acids is 1. The fraction of sp³-hybridized carbons (Fsp3) is 0.727. The fourth-order valence-corrected chi connectivity index (χ4v) is 2.09. The number of urea groups is 1. The van der Waals surface area contributed by atoms with Gasteiger partial charge in [-0.3, -0.25) is 4.79 Å². The molecule has 102 valence electrons. The molecule has 0 bridgehead atoms. The zero-order valence-electron chi connectivity index (χ0n) is 10.5. The van der Waals surface area contributed by atoms with Crippen LogP contribution in [0.4, 0.5) is 4.79 Å². The summed E-state index contributed by atoms with van der Waals surface area (Å²) in [6.07, 6.45) is 1.07. The van der Waals surface area contributed by atoms with E-state index in [0.717, 1.165) is 12.8 Å². The van der Waals surface area contributed by atoms with Crippen molar-refractivity contribution in [3.05, 3.63) is 0 Å². The standard InChI is InChI=1S/C11H18N2O5/c1-11(2)4-3-5-13(11)10(18)12-7(9(16)17)6-8(14)15/h7H,3-6H2,1-2H3,(H,12,18)(H,14,15)(H,16,17)/t7-/m0/s1. The van der Waals surface area contributed by atoms with Gasteiger partial charge in [-0.25, -0.2) is 9.59 Å². The Morgan fingerprint density at radius 3 is 2.33 bits per heavy atom. The molecule has 0 aromatic carbocycles. The summed E-state index contributed by atoms with van der Waals surface area (Å²) in [5, 5.41) is 19.7. The van der Waals surface area contributed by atoms with Crippen LogP contribution in [0.5, 0.6) is 0 Å². The number of rotatable bonds is 4. The molecule has 0 saturated carbocycles. The lowest BCUT2D eigenvalue weighted by molar-refractivity contribution is -0.145. The maximum Gasteiger partial charge on any atom is 0.326 e. The number of hydrogen-bond acceptors (Lipinski definition) is 3. The molecule has 3 N–H and O–H groups in total. The largest absolute Gasteiger partial charge is 0.481 e. The van der Waals surface area contributed by atoms with Gasteiger partial charge in [0, 0.05) is 12.1 Å². The van der Waals surface area contributed by atoms with Crippen molar-refractivity contribution in [1.29, 1.82) is 0 Å². The second-order valence-electron chi connectivity index (χ2n) is 5.01. The third-order valence-corrected chi connectivity index (χ3v) is 3.12. The van der Waals surface area contributed by atoms with Crippen LogP contribution in [-0.4, -0.2) is 51.2 Å². The van der Waals surface area contributed by atoms with Crippen molar-refractivity contribution >= 4 is 18.0 Å². The first-order chi connectivity index (χ1) is 8.24. The number of amides is 2. The molecule has 1 heterocycles. The lowest BCUT2D eigenvalue weighted by Crippen LogP contribution is -2.53. The number of nitrogens with zero attached hydrogens (tertiary/aromatic N) is 1. The fourth-order valence-electron chi connectivity index (χ4n) is 2.09. The molecule has 0 aromatic rings. The van der Waals surface area contributed by atoms with Crippen LogP contribution in [-0.2, 0) is 9.59 Å². The predicted octanol–water partition coefficient (Wildman–Crippen LogP) is 0.498. The summed E-state index contributed by atoms with van der Waals surface area (Å²) in [5.74, 6) is -2.61. The summed E-state index contributed by atoms with van der Waals surface area (Å²) in [4.78, 5) is 34.8. The highest BCUT2D eigenvalue weighted by molar-refractivity contribution is 5.86. The Bertz CT molecular complexity index is 366. The van der Waals surface area contributed by atoms with Crippen LogP contribution < -0.4 is 5.32 Å². The topological polar surface area (TPSA) is 107 Å². The lowest BCUT2D eigenvalue weighted by atomic mass is 10.0. The van der Waals surface area contributed by atoms with E-state index >= 15 is 0 Å². The molecule has 1 fully saturated rings. The second kappa shape index (κ2) is 5.24. The minimum Gasteiger partial charge on any atom is -0.481 e. The first kappa shape index (κ1) is 14.3. The van der Waals surface area contributed by atoms with Crippen LogP contribution in [0.2, 0.25) is 0 Å². The van der Waals surface area contributed by atoms with E-state index in [2.05, 4.69) is 5.32 Å². The van der Waals surface area contributed by atoms with Crippen molar-refractivity contribution in [2.45, 2.75) is 44.7 Å². The van der Waals surface area contributed by atoms with Gasteiger partial charge in [-0.1, -0.05) is 0 Å². The van der Waals surface area contributed by atoms with Crippen molar-refractivity contribution in [3.63, 3.8) is 0 Å². The number of aliphatic carboxylic acids is 2. The van der Waals surface area contributed by atoms with Crippen molar-refractivity contribution in [1.82, 2.24) is 10.2 Å². The molecule has 0 radical (unpaired) electrons. The van der Waals surface area contributed by atoms with Crippen molar-refractivity contribution < 1.29 is 24.6 Å². The van der Waals surface area contributed by atoms with Crippen molar-refractivity contribution in [3.8, 4) is 0 Å². The Balaban J connectivity index is 2.67. The molecular formula is C11H18N2O5. The van der Waals surface area contributed by atoms with Gasteiger partial charge in [0.1, 0.15) is 6.04 Å². The van der Waals surface area contributed by atoms with Crippen molar-refractivity contribution in [2.75, 3.05) is 6.54 Å². The van der Waals surface area contributed by atoms with Crippen molar-refractivity contribution in [2.24, 2.45) is 0 Å². The van der Waals surface area contributed by atoms with Crippen LogP contribution in [0, 0.1) is 0 Å². The number of nitrogens with one attached hydrogen (secondary N) is 1. The maximum atomic E-state index is 11.9. The molecule has 0 aliphatic carbocycles. The molecule has 2 amide bonds. The van der Waals surface area contributed by atoms with E-state index in [0.29, 0.717) is 6.54 Å². The predicted molar refractivity (Wildman–Crippen MR) is 62.2 cm³/mol. The summed E-state index contributed by atoms with van der Waals surface area (Å²) in [7, 11) is 0. The van der Waals surface area contributed by atoms with Gasteiger partial charge in [0.2, 0.25) is 0 Å². The monoisotopic (exact) mass is 258 g/mol. The molecular weight excluding hydrogens is 240 g/mol. The molecule has 18 heavy (non-hydrogen) atoms. The first-order valence-electron chi connectivity index (χ1n) is 5.77. The van der Waals surface area contributed by atoms with E-state index in [1.165, 1.54) is 0 Å². The normalized spacial score (nSPS) is 19.3. The Hall–Kier alpha value is -1.79. The molecule has 0 aromatic heterocycles. The molecule has 1 aliphatic heterocycles. The average molecular weight is 258 g/mol. The summed E-state index contributed by atoms with van der Waals surface area (Å²) in [6.45, 7) is 4.34. The number of likely N-dealkylation sites (tertiary alicyclic amines) is 1. The Kier molecular flexibility index (Phi) is 4.15. The third kappa shape index (κ3) is 3.35. The zero-order chi connectivity index (χ0) is 13.9. The maximum absolute atomic E-state index is 11.9. The summed E-state index contributed by atoms with van der Waals surface area (Å²) in [6, 6.07) is -1.92. The van der Waals surface area contributed by atoms with Crippen LogP contribution in [0.25, 0.3) is 0 Å². The Morgan fingerprint density at radius 1 is 1.33 bits per heavy atom. The average Bonchev–Trinajstić information content (AvgIpc) is 2.56. The van der Waals surface area contributed by atoms with E-state index < -0.39 is 30.4 Å². The highest BCUT2D eigenvalue weighted by Crippen LogP contribution is 2.27. The lowest BCUT2D eigenvalue weighted by Gasteiger charge is -2.32. The summed E-state index contributed by atoms with van der Waals surface area (Å²) < 4.78 is 0. The van der Waals surface area contributed by atoms with Crippen LogP contribution in [0.1, 0.15) is 33.1 Å². The van der Waals surface area contributed by atoms with Gasteiger partial charge in [0.15, 0.2) is 0 Å².